The zero-order chi connectivity index (χ0) is 8.88. The lowest BCUT2D eigenvalue weighted by Gasteiger charge is -2.12. The van der Waals surface area contributed by atoms with Crippen molar-refractivity contribution in [1.29, 1.82) is 0 Å². The van der Waals surface area contributed by atoms with E-state index in [1.165, 1.54) is 0 Å². The molecule has 4 heteroatoms. The fourth-order valence-electron chi connectivity index (χ4n) is 2.45. The molecule has 0 aromatic rings. The first-order chi connectivity index (χ1) is 5.63. The summed E-state index contributed by atoms with van der Waals surface area (Å²) in [4.78, 5) is 22.0. The summed E-state index contributed by atoms with van der Waals surface area (Å²) >= 11 is 3.26. The third-order valence-corrected chi connectivity index (χ3v) is 4.13. The van der Waals surface area contributed by atoms with E-state index in [0.717, 1.165) is 12.8 Å². The summed E-state index contributed by atoms with van der Waals surface area (Å²) in [6.07, 6.45) is 1.64. The maximum absolute atomic E-state index is 11.4. The van der Waals surface area contributed by atoms with E-state index in [-0.39, 0.29) is 22.4 Å². The van der Waals surface area contributed by atoms with Gasteiger partial charge >= 0.3 is 5.97 Å². The highest BCUT2D eigenvalue weighted by molar-refractivity contribution is 9.10. The second-order valence-electron chi connectivity index (χ2n) is 3.52. The molecule has 0 unspecified atom stereocenters. The molecule has 12 heavy (non-hydrogen) atoms. The number of carboxylic acid groups (broad SMARTS) is 1. The van der Waals surface area contributed by atoms with Gasteiger partial charge in [-0.3, -0.25) is 9.59 Å². The lowest BCUT2D eigenvalue weighted by molar-refractivity contribution is -0.144. The Hall–Kier alpha value is -0.380. The van der Waals surface area contributed by atoms with Crippen LogP contribution in [0.4, 0.5) is 0 Å². The third-order valence-electron chi connectivity index (χ3n) is 3.00. The predicted octanol–water partition coefficient (Wildman–Crippen LogP) is 1.06. The van der Waals surface area contributed by atoms with Crippen molar-refractivity contribution in [1.82, 2.24) is 0 Å². The molecular formula is C8H9BrO3. The molecule has 0 heterocycles. The van der Waals surface area contributed by atoms with Gasteiger partial charge in [-0.1, -0.05) is 15.9 Å². The SMILES string of the molecule is O=C(O)[C@@H]1[C@H]2CC[C@H]1C(=O)[C@H]2Br. The van der Waals surface area contributed by atoms with Gasteiger partial charge in [0.25, 0.3) is 0 Å². The molecular weight excluding hydrogens is 224 g/mol. The molecule has 3 nitrogen and oxygen atoms in total. The van der Waals surface area contributed by atoms with Crippen molar-refractivity contribution in [2.45, 2.75) is 17.7 Å². The number of rotatable bonds is 1. The Bertz CT molecular complexity index is 251. The number of aliphatic carboxylic acids is 1. The molecule has 2 rings (SSSR count). The molecule has 0 aromatic heterocycles. The van der Waals surface area contributed by atoms with Crippen molar-refractivity contribution in [3.8, 4) is 0 Å². The molecule has 2 saturated carbocycles. The molecule has 1 N–H and O–H groups in total. The summed E-state index contributed by atoms with van der Waals surface area (Å²) < 4.78 is 0. The van der Waals surface area contributed by atoms with Crippen LogP contribution in [-0.4, -0.2) is 21.7 Å². The number of alkyl halides is 1. The Morgan fingerprint density at radius 1 is 1.50 bits per heavy atom. The largest absolute Gasteiger partial charge is 0.481 e. The van der Waals surface area contributed by atoms with Crippen LogP contribution < -0.4 is 0 Å². The van der Waals surface area contributed by atoms with Crippen LogP contribution in [0.3, 0.4) is 0 Å². The van der Waals surface area contributed by atoms with Crippen LogP contribution in [0.25, 0.3) is 0 Å². The molecule has 2 aliphatic carbocycles. The lowest BCUT2D eigenvalue weighted by Crippen LogP contribution is -2.21. The second-order valence-corrected chi connectivity index (χ2v) is 4.50. The number of fused-ring (bicyclic) bond motifs is 2. The molecule has 0 spiro atoms. The average molecular weight is 233 g/mol. The van der Waals surface area contributed by atoms with Crippen LogP contribution in [0.2, 0.25) is 0 Å². The highest BCUT2D eigenvalue weighted by Gasteiger charge is 2.56. The third kappa shape index (κ3) is 0.873. The number of carbonyl (C=O) groups excluding carboxylic acids is 1. The van der Waals surface area contributed by atoms with E-state index >= 15 is 0 Å². The van der Waals surface area contributed by atoms with Gasteiger partial charge in [-0.05, 0) is 18.8 Å². The molecule has 4 atom stereocenters. The second kappa shape index (κ2) is 2.55. The van der Waals surface area contributed by atoms with Gasteiger partial charge in [0, 0.05) is 5.92 Å². The Morgan fingerprint density at radius 2 is 2.17 bits per heavy atom. The van der Waals surface area contributed by atoms with Crippen LogP contribution in [0.5, 0.6) is 0 Å². The fraction of sp³-hybridized carbons (Fsp3) is 0.750. The zero-order valence-electron chi connectivity index (χ0n) is 6.37. The minimum Gasteiger partial charge on any atom is -0.481 e. The summed E-state index contributed by atoms with van der Waals surface area (Å²) in [6, 6.07) is 0. The summed E-state index contributed by atoms with van der Waals surface area (Å²) in [6.45, 7) is 0. The number of carboxylic acids is 1. The average Bonchev–Trinajstić information content (AvgIpc) is 2.51. The molecule has 2 fully saturated rings. The van der Waals surface area contributed by atoms with Crippen LogP contribution in [-0.2, 0) is 9.59 Å². The van der Waals surface area contributed by atoms with Crippen LogP contribution in [0.15, 0.2) is 0 Å². The van der Waals surface area contributed by atoms with Gasteiger partial charge in [0.2, 0.25) is 0 Å². The standard InChI is InChI=1S/C8H9BrO3/c9-6-3-1-2-4(7(6)10)5(3)8(11)12/h3-6H,1-2H2,(H,11,12)/t3-,4-,5-,6+/m1/s1. The highest BCUT2D eigenvalue weighted by atomic mass is 79.9. The number of ketones is 1. The van der Waals surface area contributed by atoms with Crippen molar-refractivity contribution < 1.29 is 14.7 Å². The van der Waals surface area contributed by atoms with E-state index in [1.54, 1.807) is 0 Å². The maximum Gasteiger partial charge on any atom is 0.307 e. The summed E-state index contributed by atoms with van der Waals surface area (Å²) in [5.74, 6) is -1.30. The van der Waals surface area contributed by atoms with E-state index < -0.39 is 11.9 Å². The number of carbonyl (C=O) groups is 2. The first-order valence-corrected chi connectivity index (χ1v) is 4.95. The highest BCUT2D eigenvalue weighted by Crippen LogP contribution is 2.49. The smallest absolute Gasteiger partial charge is 0.307 e. The van der Waals surface area contributed by atoms with Crippen LogP contribution in [0, 0.1) is 17.8 Å². The summed E-state index contributed by atoms with van der Waals surface area (Å²) in [7, 11) is 0. The topological polar surface area (TPSA) is 54.4 Å². The quantitative estimate of drug-likeness (QED) is 0.689. The van der Waals surface area contributed by atoms with E-state index in [1.807, 2.05) is 0 Å². The van der Waals surface area contributed by atoms with Crippen molar-refractivity contribution in [2.75, 3.05) is 0 Å². The summed E-state index contributed by atoms with van der Waals surface area (Å²) in [5.41, 5.74) is 0. The lowest BCUT2D eigenvalue weighted by atomic mass is 9.98. The van der Waals surface area contributed by atoms with E-state index in [9.17, 15) is 9.59 Å². The van der Waals surface area contributed by atoms with Crippen LogP contribution >= 0.6 is 15.9 Å². The molecule has 0 amide bonds. The Balaban J connectivity index is 2.30. The van der Waals surface area contributed by atoms with E-state index in [0.29, 0.717) is 0 Å². The van der Waals surface area contributed by atoms with E-state index in [4.69, 9.17) is 5.11 Å². The molecule has 0 saturated heterocycles. The van der Waals surface area contributed by atoms with Gasteiger partial charge in [0.1, 0.15) is 0 Å². The van der Waals surface area contributed by atoms with Gasteiger partial charge in [0.15, 0.2) is 5.78 Å². The Kier molecular flexibility index (Phi) is 1.75. The maximum atomic E-state index is 11.4. The Morgan fingerprint density at radius 3 is 2.50 bits per heavy atom. The monoisotopic (exact) mass is 232 g/mol. The fourth-order valence-corrected chi connectivity index (χ4v) is 3.38. The predicted molar refractivity (Wildman–Crippen MR) is 45.1 cm³/mol. The van der Waals surface area contributed by atoms with Gasteiger partial charge in [0.05, 0.1) is 10.7 Å². The number of halogens is 1. The molecule has 2 aliphatic rings. The number of hydrogen-bond acceptors (Lipinski definition) is 2. The van der Waals surface area contributed by atoms with Crippen LogP contribution in [0.1, 0.15) is 12.8 Å². The first-order valence-electron chi connectivity index (χ1n) is 4.03. The number of Topliss-reactive ketones (excluding diaryl/α,β-unsaturated/α-hetero) is 1. The number of hydrogen-bond donors (Lipinski definition) is 1. The van der Waals surface area contributed by atoms with Crippen molar-refractivity contribution in [3.63, 3.8) is 0 Å². The normalized spacial score (nSPS) is 45.2. The molecule has 0 aliphatic heterocycles. The van der Waals surface area contributed by atoms with Gasteiger partial charge in [-0.15, -0.1) is 0 Å². The first kappa shape index (κ1) is 8.23. The minimum absolute atomic E-state index is 0.0417. The van der Waals surface area contributed by atoms with Gasteiger partial charge in [-0.2, -0.15) is 0 Å². The van der Waals surface area contributed by atoms with Gasteiger partial charge < -0.3 is 5.11 Å². The van der Waals surface area contributed by atoms with E-state index in [2.05, 4.69) is 15.9 Å². The van der Waals surface area contributed by atoms with Crippen molar-refractivity contribution in [3.05, 3.63) is 0 Å². The zero-order valence-corrected chi connectivity index (χ0v) is 7.95. The molecule has 66 valence electrons. The molecule has 0 radical (unpaired) electrons. The van der Waals surface area contributed by atoms with Crippen molar-refractivity contribution in [2.24, 2.45) is 17.8 Å². The Labute approximate surface area is 78.3 Å². The van der Waals surface area contributed by atoms with Gasteiger partial charge in [-0.25, -0.2) is 0 Å². The molecule has 2 bridgehead atoms. The molecule has 0 aromatic carbocycles. The summed E-state index contributed by atoms with van der Waals surface area (Å²) in [5, 5.41) is 8.86. The van der Waals surface area contributed by atoms with Crippen molar-refractivity contribution >= 4 is 27.7 Å². The minimum atomic E-state index is -0.808.